The molecule has 5 heteroatoms. The predicted molar refractivity (Wildman–Crippen MR) is 76.2 cm³/mol. The molecule has 0 saturated carbocycles. The topological polar surface area (TPSA) is 45.2 Å². The Morgan fingerprint density at radius 1 is 1.61 bits per heavy atom. The van der Waals surface area contributed by atoms with E-state index in [1.165, 1.54) is 0 Å². The van der Waals surface area contributed by atoms with Crippen molar-refractivity contribution in [3.8, 4) is 0 Å². The highest BCUT2D eigenvalue weighted by atomic mass is 32.2. The van der Waals surface area contributed by atoms with Crippen LogP contribution in [0.15, 0.2) is 18.3 Å². The van der Waals surface area contributed by atoms with Gasteiger partial charge >= 0.3 is 0 Å². The molecule has 0 bridgehead atoms. The number of thioether (sulfide) groups is 1. The SMILES string of the molecule is CCNc1ccc(C(=O)N2CCSC(C)C2)nc1. The number of amides is 1. The number of hydrogen-bond donors (Lipinski definition) is 1. The minimum atomic E-state index is 0.0465. The molecule has 2 rings (SSSR count). The Balaban J connectivity index is 2.03. The Hall–Kier alpha value is -1.23. The summed E-state index contributed by atoms with van der Waals surface area (Å²) in [5.74, 6) is 1.06. The van der Waals surface area contributed by atoms with Crippen LogP contribution >= 0.6 is 11.8 Å². The molecular formula is C13H19N3OS. The van der Waals surface area contributed by atoms with Crippen molar-refractivity contribution in [2.75, 3.05) is 30.7 Å². The van der Waals surface area contributed by atoms with E-state index < -0.39 is 0 Å². The Bertz CT molecular complexity index is 407. The summed E-state index contributed by atoms with van der Waals surface area (Å²) in [7, 11) is 0. The van der Waals surface area contributed by atoms with Gasteiger partial charge in [0.15, 0.2) is 0 Å². The van der Waals surface area contributed by atoms with E-state index in [4.69, 9.17) is 0 Å². The highest BCUT2D eigenvalue weighted by molar-refractivity contribution is 7.99. The number of pyridine rings is 1. The molecule has 18 heavy (non-hydrogen) atoms. The molecule has 2 heterocycles. The van der Waals surface area contributed by atoms with E-state index in [1.54, 1.807) is 12.3 Å². The number of carbonyl (C=O) groups is 1. The maximum Gasteiger partial charge on any atom is 0.272 e. The fraction of sp³-hybridized carbons (Fsp3) is 0.538. The first-order valence-corrected chi connectivity index (χ1v) is 7.36. The van der Waals surface area contributed by atoms with Gasteiger partial charge in [-0.3, -0.25) is 4.79 Å². The van der Waals surface area contributed by atoms with Crippen molar-refractivity contribution < 1.29 is 4.79 Å². The summed E-state index contributed by atoms with van der Waals surface area (Å²) in [6.45, 7) is 6.69. The highest BCUT2D eigenvalue weighted by Crippen LogP contribution is 2.19. The fourth-order valence-electron chi connectivity index (χ4n) is 1.99. The average molecular weight is 265 g/mol. The smallest absolute Gasteiger partial charge is 0.272 e. The van der Waals surface area contributed by atoms with Gasteiger partial charge in [-0.15, -0.1) is 0 Å². The molecular weight excluding hydrogens is 246 g/mol. The van der Waals surface area contributed by atoms with Gasteiger partial charge in [-0.25, -0.2) is 4.98 Å². The normalized spacial score (nSPS) is 19.7. The lowest BCUT2D eigenvalue weighted by Crippen LogP contribution is -2.41. The van der Waals surface area contributed by atoms with Gasteiger partial charge in [-0.05, 0) is 19.1 Å². The van der Waals surface area contributed by atoms with Crippen LogP contribution in [0.2, 0.25) is 0 Å². The molecule has 1 amide bonds. The molecule has 1 fully saturated rings. The van der Waals surface area contributed by atoms with Gasteiger partial charge in [0.25, 0.3) is 5.91 Å². The molecule has 1 aliphatic rings. The van der Waals surface area contributed by atoms with E-state index in [0.717, 1.165) is 31.1 Å². The van der Waals surface area contributed by atoms with Crippen LogP contribution in [0.3, 0.4) is 0 Å². The number of nitrogens with one attached hydrogen (secondary N) is 1. The van der Waals surface area contributed by atoms with Crippen molar-refractivity contribution in [2.24, 2.45) is 0 Å². The highest BCUT2D eigenvalue weighted by Gasteiger charge is 2.22. The molecule has 1 aliphatic heterocycles. The van der Waals surface area contributed by atoms with Crippen LogP contribution in [0, 0.1) is 0 Å². The third-order valence-corrected chi connectivity index (χ3v) is 4.03. The second kappa shape index (κ2) is 6.09. The Morgan fingerprint density at radius 2 is 2.44 bits per heavy atom. The zero-order valence-corrected chi connectivity index (χ0v) is 11.7. The van der Waals surface area contributed by atoms with Crippen molar-refractivity contribution in [2.45, 2.75) is 19.1 Å². The maximum absolute atomic E-state index is 12.2. The van der Waals surface area contributed by atoms with Crippen LogP contribution < -0.4 is 5.32 Å². The first-order chi connectivity index (χ1) is 8.70. The van der Waals surface area contributed by atoms with E-state index in [2.05, 4.69) is 17.2 Å². The van der Waals surface area contributed by atoms with E-state index >= 15 is 0 Å². The van der Waals surface area contributed by atoms with Gasteiger partial charge < -0.3 is 10.2 Å². The van der Waals surface area contributed by atoms with E-state index in [9.17, 15) is 4.79 Å². The number of carbonyl (C=O) groups excluding carboxylic acids is 1. The molecule has 1 aromatic rings. The molecule has 4 nitrogen and oxygen atoms in total. The minimum absolute atomic E-state index is 0.0465. The molecule has 0 radical (unpaired) electrons. The van der Waals surface area contributed by atoms with Crippen LogP contribution in [0.1, 0.15) is 24.3 Å². The van der Waals surface area contributed by atoms with Gasteiger partial charge in [0.1, 0.15) is 5.69 Å². The second-order valence-corrected chi connectivity index (χ2v) is 5.94. The van der Waals surface area contributed by atoms with Crippen LogP contribution in [0.4, 0.5) is 5.69 Å². The summed E-state index contributed by atoms with van der Waals surface area (Å²) < 4.78 is 0. The minimum Gasteiger partial charge on any atom is -0.384 e. The lowest BCUT2D eigenvalue weighted by Gasteiger charge is -2.30. The second-order valence-electron chi connectivity index (χ2n) is 4.40. The van der Waals surface area contributed by atoms with Crippen LogP contribution in [0.25, 0.3) is 0 Å². The molecule has 0 spiro atoms. The maximum atomic E-state index is 12.2. The lowest BCUT2D eigenvalue weighted by molar-refractivity contribution is 0.0757. The van der Waals surface area contributed by atoms with Crippen molar-refractivity contribution in [1.29, 1.82) is 0 Å². The molecule has 1 unspecified atom stereocenters. The lowest BCUT2D eigenvalue weighted by atomic mass is 10.2. The van der Waals surface area contributed by atoms with Crippen LogP contribution in [-0.4, -0.2) is 46.4 Å². The van der Waals surface area contributed by atoms with Crippen molar-refractivity contribution in [3.05, 3.63) is 24.0 Å². The Morgan fingerprint density at radius 3 is 3.06 bits per heavy atom. The molecule has 1 atom stereocenters. The third-order valence-electron chi connectivity index (χ3n) is 2.89. The van der Waals surface area contributed by atoms with E-state index in [-0.39, 0.29) is 5.91 Å². The zero-order chi connectivity index (χ0) is 13.0. The monoisotopic (exact) mass is 265 g/mol. The number of rotatable bonds is 3. The molecule has 98 valence electrons. The van der Waals surface area contributed by atoms with Gasteiger partial charge in [-0.1, -0.05) is 6.92 Å². The number of aromatic nitrogens is 1. The number of anilines is 1. The van der Waals surface area contributed by atoms with Gasteiger partial charge in [0.2, 0.25) is 0 Å². The molecule has 1 aromatic heterocycles. The van der Waals surface area contributed by atoms with Crippen molar-refractivity contribution in [3.63, 3.8) is 0 Å². The molecule has 0 aliphatic carbocycles. The first-order valence-electron chi connectivity index (χ1n) is 6.31. The third kappa shape index (κ3) is 3.16. The summed E-state index contributed by atoms with van der Waals surface area (Å²) in [6, 6.07) is 3.71. The average Bonchev–Trinajstić information content (AvgIpc) is 2.39. The van der Waals surface area contributed by atoms with Crippen LogP contribution in [0.5, 0.6) is 0 Å². The summed E-state index contributed by atoms with van der Waals surface area (Å²) >= 11 is 1.92. The Labute approximate surface area is 112 Å². The number of hydrogen-bond acceptors (Lipinski definition) is 4. The number of nitrogens with zero attached hydrogens (tertiary/aromatic N) is 2. The molecule has 1 saturated heterocycles. The summed E-state index contributed by atoms with van der Waals surface area (Å²) in [5, 5.41) is 3.69. The van der Waals surface area contributed by atoms with Gasteiger partial charge in [0, 0.05) is 30.6 Å². The largest absolute Gasteiger partial charge is 0.384 e. The molecule has 1 N–H and O–H groups in total. The van der Waals surface area contributed by atoms with E-state index in [1.807, 2.05) is 29.7 Å². The van der Waals surface area contributed by atoms with Gasteiger partial charge in [0.05, 0.1) is 11.9 Å². The standard InChI is InChI=1S/C13H19N3OS/c1-3-14-11-4-5-12(15-8-11)13(17)16-6-7-18-10(2)9-16/h4-5,8,10,14H,3,6-7,9H2,1-2H3. The predicted octanol–water partition coefficient (Wildman–Crippen LogP) is 2.09. The van der Waals surface area contributed by atoms with Crippen LogP contribution in [-0.2, 0) is 0 Å². The summed E-state index contributed by atoms with van der Waals surface area (Å²) in [6.07, 6.45) is 1.72. The van der Waals surface area contributed by atoms with Crippen molar-refractivity contribution in [1.82, 2.24) is 9.88 Å². The zero-order valence-electron chi connectivity index (χ0n) is 10.8. The first kappa shape index (κ1) is 13.2. The van der Waals surface area contributed by atoms with E-state index in [0.29, 0.717) is 10.9 Å². The quantitative estimate of drug-likeness (QED) is 0.909. The van der Waals surface area contributed by atoms with Crippen molar-refractivity contribution >= 4 is 23.4 Å². The Kier molecular flexibility index (Phi) is 4.47. The molecule has 0 aromatic carbocycles. The van der Waals surface area contributed by atoms with Gasteiger partial charge in [-0.2, -0.15) is 11.8 Å². The summed E-state index contributed by atoms with van der Waals surface area (Å²) in [5.41, 5.74) is 1.49. The summed E-state index contributed by atoms with van der Waals surface area (Å²) in [4.78, 5) is 18.4. The fourth-order valence-corrected chi connectivity index (χ4v) is 3.01.